The first-order chi connectivity index (χ1) is 10.2. The monoisotopic (exact) mass is 291 g/mol. The number of hydrogen-bond donors (Lipinski definition) is 1. The maximum Gasteiger partial charge on any atom is 0.326 e. The topological polar surface area (TPSA) is 75.4 Å². The van der Waals surface area contributed by atoms with Gasteiger partial charge in [-0.25, -0.2) is 4.79 Å². The summed E-state index contributed by atoms with van der Waals surface area (Å²) in [7, 11) is 0. The molecule has 1 amide bonds. The van der Waals surface area contributed by atoms with E-state index in [1.165, 1.54) is 0 Å². The fourth-order valence-corrected chi connectivity index (χ4v) is 3.81. The zero-order valence-corrected chi connectivity index (χ0v) is 12.0. The summed E-state index contributed by atoms with van der Waals surface area (Å²) in [5, 5.41) is 13.5. The predicted octanol–water partition coefficient (Wildman–Crippen LogP) is 1.52. The van der Waals surface area contributed by atoms with Gasteiger partial charge in [0.1, 0.15) is 6.04 Å². The average molecular weight is 291 g/mol. The van der Waals surface area contributed by atoms with Crippen molar-refractivity contribution in [3.8, 4) is 0 Å². The maximum absolute atomic E-state index is 12.5. The summed E-state index contributed by atoms with van der Waals surface area (Å²) in [5.74, 6) is -0.544. The molecule has 114 valence electrons. The van der Waals surface area contributed by atoms with E-state index < -0.39 is 12.0 Å². The van der Waals surface area contributed by atoms with Gasteiger partial charge in [0.2, 0.25) is 5.91 Å². The number of carboxylic acid groups (broad SMARTS) is 1. The van der Waals surface area contributed by atoms with Crippen LogP contribution in [0.3, 0.4) is 0 Å². The molecule has 1 saturated carbocycles. The molecule has 1 saturated heterocycles. The van der Waals surface area contributed by atoms with E-state index in [9.17, 15) is 14.7 Å². The largest absolute Gasteiger partial charge is 0.480 e. The third-order valence-corrected chi connectivity index (χ3v) is 4.78. The van der Waals surface area contributed by atoms with Crippen molar-refractivity contribution in [1.29, 1.82) is 0 Å². The molecule has 3 rings (SSSR count). The highest BCUT2D eigenvalue weighted by Gasteiger charge is 2.47. The number of nitrogens with zero attached hydrogens (tertiary/aromatic N) is 3. The quantitative estimate of drug-likeness (QED) is 0.912. The van der Waals surface area contributed by atoms with E-state index in [2.05, 4.69) is 5.10 Å². The second kappa shape index (κ2) is 5.87. The number of carbonyl (C=O) groups is 2. The van der Waals surface area contributed by atoms with E-state index >= 15 is 0 Å². The molecule has 2 aliphatic rings. The third kappa shape index (κ3) is 2.80. The highest BCUT2D eigenvalue weighted by molar-refractivity contribution is 5.84. The van der Waals surface area contributed by atoms with Crippen molar-refractivity contribution in [3.05, 3.63) is 18.5 Å². The Morgan fingerprint density at radius 2 is 2.10 bits per heavy atom. The van der Waals surface area contributed by atoms with Gasteiger partial charge in [-0.3, -0.25) is 9.48 Å². The van der Waals surface area contributed by atoms with Gasteiger partial charge in [-0.2, -0.15) is 5.10 Å². The van der Waals surface area contributed by atoms with Gasteiger partial charge in [0, 0.05) is 31.4 Å². The van der Waals surface area contributed by atoms with Crippen LogP contribution in [0.15, 0.2) is 18.5 Å². The Kier molecular flexibility index (Phi) is 3.94. The summed E-state index contributed by atoms with van der Waals surface area (Å²) in [5.41, 5.74) is 0. The fourth-order valence-electron chi connectivity index (χ4n) is 3.81. The first-order valence-corrected chi connectivity index (χ1v) is 7.68. The van der Waals surface area contributed by atoms with E-state index in [1.807, 2.05) is 12.3 Å². The normalized spacial score (nSPS) is 28.4. The number of likely N-dealkylation sites (tertiary alicyclic amines) is 1. The second-order valence-corrected chi connectivity index (χ2v) is 6.02. The molecule has 0 aromatic carbocycles. The van der Waals surface area contributed by atoms with Gasteiger partial charge in [-0.05, 0) is 31.2 Å². The van der Waals surface area contributed by atoms with Gasteiger partial charge in [-0.15, -0.1) is 0 Å². The third-order valence-electron chi connectivity index (χ3n) is 4.78. The number of aromatic nitrogens is 2. The van der Waals surface area contributed by atoms with E-state index in [1.54, 1.807) is 15.8 Å². The van der Waals surface area contributed by atoms with Crippen LogP contribution >= 0.6 is 0 Å². The van der Waals surface area contributed by atoms with Crippen LogP contribution in [0.4, 0.5) is 0 Å². The van der Waals surface area contributed by atoms with Crippen molar-refractivity contribution in [2.24, 2.45) is 5.92 Å². The number of amides is 1. The molecule has 1 aliphatic heterocycles. The van der Waals surface area contributed by atoms with E-state index in [4.69, 9.17) is 0 Å². The minimum atomic E-state index is -0.864. The molecule has 0 spiro atoms. The molecule has 1 aromatic heterocycles. The van der Waals surface area contributed by atoms with Crippen molar-refractivity contribution < 1.29 is 14.7 Å². The van der Waals surface area contributed by atoms with Gasteiger partial charge < -0.3 is 10.0 Å². The molecule has 3 unspecified atom stereocenters. The maximum atomic E-state index is 12.5. The van der Waals surface area contributed by atoms with Crippen LogP contribution < -0.4 is 0 Å². The summed E-state index contributed by atoms with van der Waals surface area (Å²) >= 11 is 0. The lowest BCUT2D eigenvalue weighted by Gasteiger charge is -2.33. The SMILES string of the molecule is O=C(O)C1CC2CCCCC2N1C(=O)CCn1cccn1. The number of fused-ring (bicyclic) bond motifs is 1. The van der Waals surface area contributed by atoms with Crippen molar-refractivity contribution >= 4 is 11.9 Å². The standard InChI is InChI=1S/C15H21N3O3/c19-14(6-9-17-8-3-7-16-17)18-12-5-2-1-4-11(12)10-13(18)15(20)21/h3,7-8,11-13H,1-2,4-6,9-10H2,(H,20,21). The molecule has 1 N–H and O–H groups in total. The molecule has 0 radical (unpaired) electrons. The zero-order valence-electron chi connectivity index (χ0n) is 12.0. The van der Waals surface area contributed by atoms with Crippen molar-refractivity contribution in [1.82, 2.24) is 14.7 Å². The Balaban J connectivity index is 1.70. The molecule has 1 aliphatic carbocycles. The summed E-state index contributed by atoms with van der Waals surface area (Å²) in [6, 6.07) is 1.31. The van der Waals surface area contributed by atoms with Crippen molar-refractivity contribution in [2.45, 2.75) is 57.2 Å². The Hall–Kier alpha value is -1.85. The van der Waals surface area contributed by atoms with Gasteiger partial charge in [0.15, 0.2) is 0 Å². The first kappa shape index (κ1) is 14.1. The van der Waals surface area contributed by atoms with Crippen molar-refractivity contribution in [3.63, 3.8) is 0 Å². The van der Waals surface area contributed by atoms with Gasteiger partial charge in [0.25, 0.3) is 0 Å². The summed E-state index contributed by atoms with van der Waals surface area (Å²) in [4.78, 5) is 25.7. The van der Waals surface area contributed by atoms with Crippen LogP contribution in [0.2, 0.25) is 0 Å². The minimum absolute atomic E-state index is 0.0488. The predicted molar refractivity (Wildman–Crippen MR) is 75.5 cm³/mol. The Morgan fingerprint density at radius 1 is 1.29 bits per heavy atom. The molecule has 21 heavy (non-hydrogen) atoms. The zero-order chi connectivity index (χ0) is 14.8. The van der Waals surface area contributed by atoms with Crippen LogP contribution in [-0.4, -0.2) is 43.7 Å². The van der Waals surface area contributed by atoms with Gasteiger partial charge >= 0.3 is 5.97 Å². The lowest BCUT2D eigenvalue weighted by atomic mass is 9.84. The van der Waals surface area contributed by atoms with Crippen LogP contribution in [0.25, 0.3) is 0 Å². The summed E-state index contributed by atoms with van der Waals surface area (Å²) < 4.78 is 1.71. The smallest absolute Gasteiger partial charge is 0.326 e. The lowest BCUT2D eigenvalue weighted by Crippen LogP contribution is -2.46. The molecular weight excluding hydrogens is 270 g/mol. The molecular formula is C15H21N3O3. The number of aliphatic carboxylic acids is 1. The summed E-state index contributed by atoms with van der Waals surface area (Å²) in [6.45, 7) is 0.506. The van der Waals surface area contributed by atoms with Crippen LogP contribution in [-0.2, 0) is 16.1 Å². The molecule has 2 heterocycles. The first-order valence-electron chi connectivity index (χ1n) is 7.68. The van der Waals surface area contributed by atoms with E-state index in [0.717, 1.165) is 25.7 Å². The number of hydrogen-bond acceptors (Lipinski definition) is 3. The highest BCUT2D eigenvalue weighted by Crippen LogP contribution is 2.40. The number of aryl methyl sites for hydroxylation is 1. The minimum Gasteiger partial charge on any atom is -0.480 e. The van der Waals surface area contributed by atoms with E-state index in [-0.39, 0.29) is 11.9 Å². The van der Waals surface area contributed by atoms with Gasteiger partial charge in [0.05, 0.1) is 0 Å². The Labute approximate surface area is 123 Å². The second-order valence-electron chi connectivity index (χ2n) is 6.02. The Bertz CT molecular complexity index is 514. The number of rotatable bonds is 4. The molecule has 6 nitrogen and oxygen atoms in total. The van der Waals surface area contributed by atoms with Gasteiger partial charge in [-0.1, -0.05) is 12.8 Å². The van der Waals surface area contributed by atoms with Crippen molar-refractivity contribution in [2.75, 3.05) is 0 Å². The van der Waals surface area contributed by atoms with Crippen LogP contribution in [0.1, 0.15) is 38.5 Å². The molecule has 0 bridgehead atoms. The van der Waals surface area contributed by atoms with Crippen LogP contribution in [0, 0.1) is 5.92 Å². The molecule has 2 fully saturated rings. The number of carboxylic acids is 1. The fraction of sp³-hybridized carbons (Fsp3) is 0.667. The average Bonchev–Trinajstić information content (AvgIpc) is 3.11. The number of carbonyl (C=O) groups excluding carboxylic acids is 1. The molecule has 1 aromatic rings. The summed E-state index contributed by atoms with van der Waals surface area (Å²) in [6.07, 6.45) is 8.67. The molecule has 6 heteroatoms. The Morgan fingerprint density at radius 3 is 2.81 bits per heavy atom. The lowest BCUT2D eigenvalue weighted by molar-refractivity contribution is -0.150. The highest BCUT2D eigenvalue weighted by atomic mass is 16.4. The van der Waals surface area contributed by atoms with E-state index in [0.29, 0.717) is 25.3 Å². The molecule has 3 atom stereocenters. The van der Waals surface area contributed by atoms with Crippen LogP contribution in [0.5, 0.6) is 0 Å².